The molecule has 0 bridgehead atoms. The molecule has 2 aliphatic heterocycles. The zero-order chi connectivity index (χ0) is 17.0. The molecule has 5 nitrogen and oxygen atoms in total. The van der Waals surface area contributed by atoms with Crippen molar-refractivity contribution in [2.24, 2.45) is 4.99 Å². The number of allylic oxidation sites excluding steroid dienone is 1. The number of carbonyl (C=O) groups excluding carboxylic acids is 1. The van der Waals surface area contributed by atoms with Crippen molar-refractivity contribution in [2.75, 3.05) is 7.11 Å². The van der Waals surface area contributed by atoms with E-state index in [2.05, 4.69) is 16.8 Å². The van der Waals surface area contributed by atoms with Crippen LogP contribution < -0.4 is 0 Å². The number of H-pyrrole nitrogens is 1. The highest BCUT2D eigenvalue weighted by Gasteiger charge is 2.44. The highest BCUT2D eigenvalue weighted by molar-refractivity contribution is 8.17. The number of thioether (sulfide) groups is 1. The maximum atomic E-state index is 12.1. The van der Waals surface area contributed by atoms with Gasteiger partial charge in [0, 0.05) is 10.6 Å². The number of hydrogen-bond donors (Lipinski definition) is 1. The normalized spacial score (nSPS) is 25.7. The summed E-state index contributed by atoms with van der Waals surface area (Å²) in [7, 11) is 1.43. The average Bonchev–Trinajstić information content (AvgIpc) is 3.16. The summed E-state index contributed by atoms with van der Waals surface area (Å²) in [6.07, 6.45) is 4.93. The number of ether oxygens (including phenoxy) is 1. The fourth-order valence-electron chi connectivity index (χ4n) is 4.27. The van der Waals surface area contributed by atoms with Gasteiger partial charge in [0.15, 0.2) is 5.17 Å². The Morgan fingerprint density at radius 3 is 2.79 bits per heavy atom. The first kappa shape index (κ1) is 15.8. The molecular weight excluding hydrogens is 322 g/mol. The molecular formula is C18H23N3O2S. The van der Waals surface area contributed by atoms with Crippen molar-refractivity contribution >= 4 is 28.6 Å². The van der Waals surface area contributed by atoms with Gasteiger partial charge in [-0.2, -0.15) is 0 Å². The Balaban J connectivity index is 1.78. The number of rotatable bonds is 2. The zero-order valence-corrected chi connectivity index (χ0v) is 15.4. The van der Waals surface area contributed by atoms with Crippen molar-refractivity contribution in [2.45, 2.75) is 58.5 Å². The van der Waals surface area contributed by atoms with E-state index in [0.717, 1.165) is 22.1 Å². The highest BCUT2D eigenvalue weighted by Crippen LogP contribution is 2.48. The number of carbonyl (C=O) groups is 1. The minimum atomic E-state index is -0.276. The van der Waals surface area contributed by atoms with Gasteiger partial charge in [-0.15, -0.1) is 0 Å². The summed E-state index contributed by atoms with van der Waals surface area (Å²) in [6.45, 7) is 6.08. The molecule has 1 aromatic heterocycles. The first-order valence-electron chi connectivity index (χ1n) is 8.56. The van der Waals surface area contributed by atoms with Crippen LogP contribution in [0.2, 0.25) is 0 Å². The Kier molecular flexibility index (Phi) is 3.75. The van der Waals surface area contributed by atoms with Gasteiger partial charge in [-0.25, -0.2) is 4.79 Å². The van der Waals surface area contributed by atoms with Gasteiger partial charge in [0.25, 0.3) is 0 Å². The van der Waals surface area contributed by atoms with Gasteiger partial charge in [-0.1, -0.05) is 24.6 Å². The third-order valence-corrected chi connectivity index (χ3v) is 6.37. The molecule has 0 amide bonds. The quantitative estimate of drug-likeness (QED) is 0.828. The minimum absolute atomic E-state index is 0.276. The maximum Gasteiger partial charge on any atom is 0.339 e. The van der Waals surface area contributed by atoms with E-state index in [0.29, 0.717) is 17.6 Å². The largest absolute Gasteiger partial charge is 0.465 e. The summed E-state index contributed by atoms with van der Waals surface area (Å²) < 4.78 is 4.96. The summed E-state index contributed by atoms with van der Waals surface area (Å²) in [6, 6.07) is 0.902. The van der Waals surface area contributed by atoms with E-state index in [1.54, 1.807) is 11.8 Å². The molecule has 0 unspecified atom stereocenters. The van der Waals surface area contributed by atoms with Gasteiger partial charge >= 0.3 is 5.97 Å². The Hall–Kier alpha value is -1.69. The second-order valence-corrected chi connectivity index (χ2v) is 8.01. The van der Waals surface area contributed by atoms with Gasteiger partial charge < -0.3 is 14.6 Å². The van der Waals surface area contributed by atoms with E-state index < -0.39 is 0 Å². The number of nitrogens with zero attached hydrogens (tertiary/aromatic N) is 2. The molecule has 0 spiro atoms. The van der Waals surface area contributed by atoms with Crippen molar-refractivity contribution in [3.8, 4) is 0 Å². The zero-order valence-electron chi connectivity index (χ0n) is 14.6. The molecule has 1 saturated carbocycles. The van der Waals surface area contributed by atoms with Gasteiger partial charge in [-0.05, 0) is 39.2 Å². The fraction of sp³-hybridized carbons (Fsp3) is 0.556. The molecule has 0 saturated heterocycles. The van der Waals surface area contributed by atoms with Crippen molar-refractivity contribution in [1.82, 2.24) is 9.88 Å². The topological polar surface area (TPSA) is 57.7 Å². The molecule has 24 heavy (non-hydrogen) atoms. The van der Waals surface area contributed by atoms with Crippen LogP contribution in [-0.2, 0) is 4.74 Å². The van der Waals surface area contributed by atoms with Crippen LogP contribution in [0.3, 0.4) is 0 Å². The van der Waals surface area contributed by atoms with E-state index in [-0.39, 0.29) is 5.97 Å². The molecule has 0 aromatic carbocycles. The molecule has 6 heteroatoms. The molecule has 1 aromatic rings. The third kappa shape index (κ3) is 2.15. The van der Waals surface area contributed by atoms with Gasteiger partial charge in [0.05, 0.1) is 36.1 Å². The van der Waals surface area contributed by atoms with Crippen LogP contribution >= 0.6 is 11.8 Å². The predicted molar refractivity (Wildman–Crippen MR) is 97.1 cm³/mol. The van der Waals surface area contributed by atoms with E-state index in [9.17, 15) is 4.79 Å². The number of fused-ring (bicyclic) bond motifs is 3. The number of aryl methyl sites for hydroxylation is 1. The number of aliphatic imine (C=N–C) groups is 1. The van der Waals surface area contributed by atoms with Crippen LogP contribution in [-0.4, -0.2) is 40.2 Å². The first-order valence-corrected chi connectivity index (χ1v) is 9.38. The second-order valence-electron chi connectivity index (χ2n) is 6.82. The first-order chi connectivity index (χ1) is 11.5. The molecule has 0 radical (unpaired) electrons. The predicted octanol–water partition coefficient (Wildman–Crippen LogP) is 3.84. The van der Waals surface area contributed by atoms with Gasteiger partial charge in [0.2, 0.25) is 0 Å². The lowest BCUT2D eigenvalue weighted by atomic mass is 9.90. The number of methoxy groups -OCH3 is 1. The number of esters is 1. The summed E-state index contributed by atoms with van der Waals surface area (Å²) >= 11 is 1.76. The van der Waals surface area contributed by atoms with Gasteiger partial charge in [-0.3, -0.25) is 4.99 Å². The maximum absolute atomic E-state index is 12.1. The lowest BCUT2D eigenvalue weighted by Gasteiger charge is -2.32. The van der Waals surface area contributed by atoms with Crippen LogP contribution in [0.1, 0.15) is 59.9 Å². The lowest BCUT2D eigenvalue weighted by Crippen LogP contribution is -2.38. The molecule has 1 fully saturated rings. The standard InChI is InChI=1S/C18H23N3O2S/c1-9-14(17(22)23-4)10(2)19-15(9)16-11(3)24-18-20-12-7-5-6-8-13(12)21(16)18/h12-13,19H,5-8H2,1-4H3/t12-,13-/m0/s1. The van der Waals surface area contributed by atoms with Crippen molar-refractivity contribution in [3.05, 3.63) is 27.4 Å². The van der Waals surface area contributed by atoms with Crippen LogP contribution in [0.4, 0.5) is 0 Å². The van der Waals surface area contributed by atoms with Crippen molar-refractivity contribution in [1.29, 1.82) is 0 Å². The number of hydrogen-bond acceptors (Lipinski definition) is 5. The molecule has 2 atom stereocenters. The molecule has 1 aliphatic carbocycles. The van der Waals surface area contributed by atoms with Crippen LogP contribution in [0.25, 0.3) is 5.70 Å². The number of nitrogens with one attached hydrogen (secondary N) is 1. The smallest absolute Gasteiger partial charge is 0.339 e. The van der Waals surface area contributed by atoms with E-state index in [4.69, 9.17) is 9.73 Å². The summed E-state index contributed by atoms with van der Waals surface area (Å²) in [4.78, 5) is 24.2. The third-order valence-electron chi connectivity index (χ3n) is 5.39. The summed E-state index contributed by atoms with van der Waals surface area (Å²) in [5.74, 6) is -0.276. The van der Waals surface area contributed by atoms with E-state index in [1.807, 2.05) is 13.8 Å². The molecule has 4 rings (SSSR count). The fourth-order valence-corrected chi connectivity index (χ4v) is 5.36. The number of amidine groups is 1. The monoisotopic (exact) mass is 345 g/mol. The molecule has 3 heterocycles. The van der Waals surface area contributed by atoms with Gasteiger partial charge in [0.1, 0.15) is 0 Å². The Morgan fingerprint density at radius 2 is 2.04 bits per heavy atom. The second kappa shape index (κ2) is 5.69. The number of aromatic amines is 1. The molecule has 3 aliphatic rings. The lowest BCUT2D eigenvalue weighted by molar-refractivity contribution is 0.0599. The van der Waals surface area contributed by atoms with Crippen LogP contribution in [0.15, 0.2) is 9.90 Å². The molecule has 128 valence electrons. The highest BCUT2D eigenvalue weighted by atomic mass is 32.2. The summed E-state index contributed by atoms with van der Waals surface area (Å²) in [5, 5.41) is 1.13. The summed E-state index contributed by atoms with van der Waals surface area (Å²) in [5.41, 5.74) is 4.72. The Labute approximate surface area is 146 Å². The van der Waals surface area contributed by atoms with Crippen LogP contribution in [0, 0.1) is 13.8 Å². The Morgan fingerprint density at radius 1 is 1.29 bits per heavy atom. The molecule has 1 N–H and O–H groups in total. The van der Waals surface area contributed by atoms with Crippen molar-refractivity contribution < 1.29 is 9.53 Å². The van der Waals surface area contributed by atoms with E-state index >= 15 is 0 Å². The van der Waals surface area contributed by atoms with Crippen molar-refractivity contribution in [3.63, 3.8) is 0 Å². The van der Waals surface area contributed by atoms with Crippen LogP contribution in [0.5, 0.6) is 0 Å². The van der Waals surface area contributed by atoms with E-state index in [1.165, 1.54) is 43.4 Å². The SMILES string of the molecule is COC(=O)c1c(C)[nH]c(C2=C(C)SC3=N[C@H]4CCCC[C@@H]4N32)c1C. The number of aromatic nitrogens is 1. The minimum Gasteiger partial charge on any atom is -0.465 e. The average molecular weight is 345 g/mol. The Bertz CT molecular complexity index is 777.